The molecule has 0 saturated heterocycles. The van der Waals surface area contributed by atoms with E-state index in [4.69, 9.17) is 0 Å². The van der Waals surface area contributed by atoms with E-state index in [9.17, 15) is 4.39 Å². The number of rotatable bonds is 6. The fourth-order valence-electron chi connectivity index (χ4n) is 2.39. The molecule has 17 heavy (non-hydrogen) atoms. The van der Waals surface area contributed by atoms with Crippen LogP contribution in [-0.4, -0.2) is 18.1 Å². The molecule has 0 heterocycles. The Balaban J connectivity index is 1.81. The lowest BCUT2D eigenvalue weighted by Crippen LogP contribution is -2.20. The summed E-state index contributed by atoms with van der Waals surface area (Å²) >= 11 is 1.99. The molecule has 1 nitrogen and oxygen atoms in total. The van der Waals surface area contributed by atoms with E-state index in [2.05, 4.69) is 12.2 Å². The topological polar surface area (TPSA) is 12.0 Å². The summed E-state index contributed by atoms with van der Waals surface area (Å²) in [7, 11) is 0. The minimum atomic E-state index is -0.108. The van der Waals surface area contributed by atoms with E-state index in [1.165, 1.54) is 29.1 Å². The van der Waals surface area contributed by atoms with Crippen LogP contribution in [0.3, 0.4) is 0 Å². The summed E-state index contributed by atoms with van der Waals surface area (Å²) < 4.78 is 13.1. The van der Waals surface area contributed by atoms with E-state index in [-0.39, 0.29) is 5.82 Å². The molecule has 0 spiro atoms. The number of benzene rings is 1. The first-order chi connectivity index (χ1) is 8.31. The molecule has 0 aromatic heterocycles. The van der Waals surface area contributed by atoms with E-state index in [0.29, 0.717) is 6.04 Å². The van der Waals surface area contributed by atoms with Gasteiger partial charge in [0.25, 0.3) is 0 Å². The summed E-state index contributed by atoms with van der Waals surface area (Å²) in [5.41, 5.74) is 2.49. The molecule has 1 atom stereocenters. The predicted octanol–water partition coefficient (Wildman–Crippen LogP) is 3.55. The molecular weight excluding hydrogens is 233 g/mol. The van der Waals surface area contributed by atoms with Gasteiger partial charge in [-0.25, -0.2) is 4.39 Å². The Morgan fingerprint density at radius 3 is 3.18 bits per heavy atom. The quantitative estimate of drug-likeness (QED) is 0.778. The van der Waals surface area contributed by atoms with Crippen LogP contribution in [-0.2, 0) is 6.42 Å². The highest BCUT2D eigenvalue weighted by atomic mass is 32.2. The fourth-order valence-corrected chi connectivity index (χ4v) is 3.03. The van der Waals surface area contributed by atoms with Gasteiger partial charge in [-0.2, -0.15) is 11.8 Å². The van der Waals surface area contributed by atoms with Crippen LogP contribution in [0.4, 0.5) is 4.39 Å². The van der Waals surface area contributed by atoms with Crippen LogP contribution in [0, 0.1) is 5.82 Å². The van der Waals surface area contributed by atoms with E-state index < -0.39 is 0 Å². The molecule has 0 bridgehead atoms. The third-order valence-electron chi connectivity index (χ3n) is 3.24. The van der Waals surface area contributed by atoms with Gasteiger partial charge in [-0.05, 0) is 60.6 Å². The Bertz CT molecular complexity index is 367. The number of hydrogen-bond donors (Lipinski definition) is 1. The number of aryl methyl sites for hydroxylation is 1. The van der Waals surface area contributed by atoms with E-state index >= 15 is 0 Å². The Morgan fingerprint density at radius 2 is 2.35 bits per heavy atom. The van der Waals surface area contributed by atoms with Gasteiger partial charge >= 0.3 is 0 Å². The minimum absolute atomic E-state index is 0.108. The van der Waals surface area contributed by atoms with Crippen molar-refractivity contribution in [2.24, 2.45) is 0 Å². The van der Waals surface area contributed by atoms with Gasteiger partial charge in [0.15, 0.2) is 0 Å². The van der Waals surface area contributed by atoms with Crippen molar-refractivity contribution >= 4 is 11.8 Å². The molecule has 0 radical (unpaired) electrons. The second-order valence-corrected chi connectivity index (χ2v) is 5.83. The number of halogens is 1. The van der Waals surface area contributed by atoms with Gasteiger partial charge in [-0.1, -0.05) is 13.0 Å². The second kappa shape index (κ2) is 6.41. The predicted molar refractivity (Wildman–Crippen MR) is 73.1 cm³/mol. The van der Waals surface area contributed by atoms with Crippen molar-refractivity contribution in [3.05, 3.63) is 35.1 Å². The molecule has 1 aromatic carbocycles. The van der Waals surface area contributed by atoms with Crippen molar-refractivity contribution in [3.8, 4) is 0 Å². The first kappa shape index (κ1) is 12.9. The van der Waals surface area contributed by atoms with Gasteiger partial charge < -0.3 is 5.32 Å². The largest absolute Gasteiger partial charge is 0.310 e. The van der Waals surface area contributed by atoms with Gasteiger partial charge in [0.1, 0.15) is 5.82 Å². The molecule has 2 rings (SSSR count). The van der Waals surface area contributed by atoms with Crippen LogP contribution in [0.5, 0.6) is 0 Å². The standard InChI is InChI=1S/C14H20FNS/c1-2-17-9-3-8-16-14-7-4-11-10-12(15)5-6-13(11)14/h5-6,10,14,16H,2-4,7-9H2,1H3. The molecule has 0 aliphatic heterocycles. The Kier molecular flexibility index (Phi) is 4.86. The molecule has 1 N–H and O–H groups in total. The zero-order valence-corrected chi connectivity index (χ0v) is 11.2. The maximum Gasteiger partial charge on any atom is 0.123 e. The third-order valence-corrected chi connectivity index (χ3v) is 4.23. The first-order valence-corrected chi connectivity index (χ1v) is 7.56. The van der Waals surface area contributed by atoms with Crippen LogP contribution in [0.25, 0.3) is 0 Å². The number of nitrogens with one attached hydrogen (secondary N) is 1. The van der Waals surface area contributed by atoms with Crippen molar-refractivity contribution in [2.45, 2.75) is 32.2 Å². The van der Waals surface area contributed by atoms with Gasteiger partial charge in [0.2, 0.25) is 0 Å². The van der Waals surface area contributed by atoms with Gasteiger partial charge in [0.05, 0.1) is 0 Å². The zero-order valence-electron chi connectivity index (χ0n) is 10.3. The van der Waals surface area contributed by atoms with Crippen molar-refractivity contribution in [2.75, 3.05) is 18.1 Å². The number of hydrogen-bond acceptors (Lipinski definition) is 2. The summed E-state index contributed by atoms with van der Waals surface area (Å²) in [6.45, 7) is 3.26. The zero-order chi connectivity index (χ0) is 12.1. The summed E-state index contributed by atoms with van der Waals surface area (Å²) in [6.07, 6.45) is 3.33. The average molecular weight is 253 g/mol. The molecule has 1 aliphatic rings. The summed E-state index contributed by atoms with van der Waals surface area (Å²) in [6, 6.07) is 5.64. The Morgan fingerprint density at radius 1 is 1.47 bits per heavy atom. The average Bonchev–Trinajstić information content (AvgIpc) is 2.71. The van der Waals surface area contributed by atoms with Gasteiger partial charge in [-0.3, -0.25) is 0 Å². The first-order valence-electron chi connectivity index (χ1n) is 6.40. The summed E-state index contributed by atoms with van der Waals surface area (Å²) in [5.74, 6) is 2.32. The fraction of sp³-hybridized carbons (Fsp3) is 0.571. The Hall–Kier alpha value is -0.540. The normalized spacial score (nSPS) is 18.4. The summed E-state index contributed by atoms with van der Waals surface area (Å²) in [5, 5.41) is 3.58. The van der Waals surface area contributed by atoms with Crippen molar-refractivity contribution in [1.82, 2.24) is 5.32 Å². The molecule has 0 saturated carbocycles. The highest BCUT2D eigenvalue weighted by Crippen LogP contribution is 2.31. The van der Waals surface area contributed by atoms with E-state index in [1.807, 2.05) is 17.8 Å². The van der Waals surface area contributed by atoms with Crippen LogP contribution in [0.15, 0.2) is 18.2 Å². The van der Waals surface area contributed by atoms with E-state index in [0.717, 1.165) is 19.4 Å². The molecule has 0 fully saturated rings. The smallest absolute Gasteiger partial charge is 0.123 e. The maximum absolute atomic E-state index is 13.1. The van der Waals surface area contributed by atoms with E-state index in [1.54, 1.807) is 12.1 Å². The molecule has 0 amide bonds. The Labute approximate surface area is 107 Å². The lowest BCUT2D eigenvalue weighted by molar-refractivity contribution is 0.530. The maximum atomic E-state index is 13.1. The highest BCUT2D eigenvalue weighted by Gasteiger charge is 2.21. The molecule has 1 aromatic rings. The van der Waals surface area contributed by atoms with Crippen molar-refractivity contribution < 1.29 is 4.39 Å². The highest BCUT2D eigenvalue weighted by molar-refractivity contribution is 7.99. The second-order valence-electron chi connectivity index (χ2n) is 4.44. The number of fused-ring (bicyclic) bond motifs is 1. The van der Waals surface area contributed by atoms with Crippen molar-refractivity contribution in [1.29, 1.82) is 0 Å². The molecule has 1 aliphatic carbocycles. The third kappa shape index (κ3) is 3.46. The van der Waals surface area contributed by atoms with Crippen LogP contribution >= 0.6 is 11.8 Å². The van der Waals surface area contributed by atoms with Gasteiger partial charge in [-0.15, -0.1) is 0 Å². The lowest BCUT2D eigenvalue weighted by Gasteiger charge is -2.13. The minimum Gasteiger partial charge on any atom is -0.310 e. The SMILES string of the molecule is CCSCCCNC1CCc2cc(F)ccc21. The molecule has 3 heteroatoms. The van der Waals surface area contributed by atoms with Crippen LogP contribution in [0.1, 0.15) is 36.9 Å². The van der Waals surface area contributed by atoms with Crippen LogP contribution in [0.2, 0.25) is 0 Å². The van der Waals surface area contributed by atoms with Crippen molar-refractivity contribution in [3.63, 3.8) is 0 Å². The molecular formula is C14H20FNS. The molecule has 94 valence electrons. The van der Waals surface area contributed by atoms with Gasteiger partial charge in [0, 0.05) is 6.04 Å². The van der Waals surface area contributed by atoms with Crippen LogP contribution < -0.4 is 5.32 Å². The summed E-state index contributed by atoms with van der Waals surface area (Å²) in [4.78, 5) is 0. The lowest BCUT2D eigenvalue weighted by atomic mass is 10.1. The monoisotopic (exact) mass is 253 g/mol. The molecule has 1 unspecified atom stereocenters. The number of thioether (sulfide) groups is 1.